The molecular formula is C15H22ClNO. The molecule has 0 saturated carbocycles. The summed E-state index contributed by atoms with van der Waals surface area (Å²) >= 11 is 5.89. The fraction of sp³-hybridized carbons (Fsp3) is 0.533. The van der Waals surface area contributed by atoms with E-state index in [0.717, 1.165) is 12.1 Å². The molecule has 18 heavy (non-hydrogen) atoms. The summed E-state index contributed by atoms with van der Waals surface area (Å²) in [5.74, 6) is 0.587. The van der Waals surface area contributed by atoms with Crippen molar-refractivity contribution >= 4 is 17.4 Å². The number of ketones is 1. The summed E-state index contributed by atoms with van der Waals surface area (Å²) in [5, 5.41) is 0.710. The third-order valence-corrected chi connectivity index (χ3v) is 3.30. The molecule has 100 valence electrons. The van der Waals surface area contributed by atoms with Crippen LogP contribution in [0.4, 0.5) is 0 Å². The zero-order chi connectivity index (χ0) is 13.7. The zero-order valence-electron chi connectivity index (χ0n) is 11.6. The van der Waals surface area contributed by atoms with Crippen LogP contribution in [0.5, 0.6) is 0 Å². The van der Waals surface area contributed by atoms with E-state index < -0.39 is 0 Å². The van der Waals surface area contributed by atoms with Crippen LogP contribution in [-0.4, -0.2) is 31.3 Å². The smallest absolute Gasteiger partial charge is 0.141 e. The molecule has 0 aliphatic heterocycles. The molecule has 0 N–H and O–H groups in total. The Hall–Kier alpha value is -0.860. The average molecular weight is 268 g/mol. The van der Waals surface area contributed by atoms with E-state index >= 15 is 0 Å². The molecule has 0 saturated heterocycles. The number of rotatable bonds is 6. The molecule has 1 aromatic rings. The maximum atomic E-state index is 12.3. The minimum absolute atomic E-state index is 0.0257. The fourth-order valence-electron chi connectivity index (χ4n) is 2.10. The molecular weight excluding hydrogens is 246 g/mol. The highest BCUT2D eigenvalue weighted by atomic mass is 35.5. The second kappa shape index (κ2) is 6.91. The second-order valence-corrected chi connectivity index (χ2v) is 5.73. The first-order valence-corrected chi connectivity index (χ1v) is 6.72. The highest BCUT2D eigenvalue weighted by Crippen LogP contribution is 2.27. The SMILES string of the molecule is CC(C)[C@@H](C(=O)CCN(C)C)c1ccc(Cl)cc1. The molecule has 1 atom stereocenters. The molecule has 0 aliphatic carbocycles. The number of hydrogen-bond donors (Lipinski definition) is 0. The van der Waals surface area contributed by atoms with Crippen LogP contribution in [0, 0.1) is 5.92 Å². The molecule has 1 aromatic carbocycles. The van der Waals surface area contributed by atoms with Gasteiger partial charge in [-0.05, 0) is 37.7 Å². The van der Waals surface area contributed by atoms with E-state index in [0.29, 0.717) is 23.1 Å². The normalized spacial score (nSPS) is 13.1. The van der Waals surface area contributed by atoms with Gasteiger partial charge in [0.05, 0.1) is 0 Å². The summed E-state index contributed by atoms with van der Waals surface area (Å²) in [5.41, 5.74) is 1.07. The van der Waals surface area contributed by atoms with Gasteiger partial charge >= 0.3 is 0 Å². The number of nitrogens with zero attached hydrogens (tertiary/aromatic N) is 1. The third kappa shape index (κ3) is 4.43. The van der Waals surface area contributed by atoms with Crippen LogP contribution in [0.15, 0.2) is 24.3 Å². The number of carbonyl (C=O) groups is 1. The molecule has 0 aromatic heterocycles. The lowest BCUT2D eigenvalue weighted by Gasteiger charge is -2.21. The van der Waals surface area contributed by atoms with Crippen LogP contribution >= 0.6 is 11.6 Å². The van der Waals surface area contributed by atoms with Gasteiger partial charge in [-0.25, -0.2) is 0 Å². The maximum absolute atomic E-state index is 12.3. The summed E-state index contributed by atoms with van der Waals surface area (Å²) in [6.45, 7) is 4.98. The van der Waals surface area contributed by atoms with Gasteiger partial charge in [0.1, 0.15) is 5.78 Å². The van der Waals surface area contributed by atoms with Gasteiger partial charge in [-0.3, -0.25) is 4.79 Å². The minimum atomic E-state index is -0.0257. The molecule has 0 unspecified atom stereocenters. The van der Waals surface area contributed by atoms with Gasteiger partial charge in [0.25, 0.3) is 0 Å². The van der Waals surface area contributed by atoms with E-state index in [1.54, 1.807) is 0 Å². The average Bonchev–Trinajstić information content (AvgIpc) is 2.29. The number of halogens is 1. The molecule has 0 bridgehead atoms. The van der Waals surface area contributed by atoms with Crippen molar-refractivity contribution in [2.75, 3.05) is 20.6 Å². The Kier molecular flexibility index (Phi) is 5.83. The van der Waals surface area contributed by atoms with Crippen molar-refractivity contribution < 1.29 is 4.79 Å². The van der Waals surface area contributed by atoms with Crippen molar-refractivity contribution in [3.05, 3.63) is 34.9 Å². The maximum Gasteiger partial charge on any atom is 0.141 e. The summed E-state index contributed by atoms with van der Waals surface area (Å²) in [7, 11) is 3.97. The third-order valence-electron chi connectivity index (χ3n) is 3.05. The molecule has 0 spiro atoms. The van der Waals surface area contributed by atoms with Gasteiger partial charge in [-0.15, -0.1) is 0 Å². The van der Waals surface area contributed by atoms with E-state index in [-0.39, 0.29) is 5.92 Å². The zero-order valence-corrected chi connectivity index (χ0v) is 12.4. The van der Waals surface area contributed by atoms with E-state index in [9.17, 15) is 4.79 Å². The van der Waals surface area contributed by atoms with E-state index in [4.69, 9.17) is 11.6 Å². The number of carbonyl (C=O) groups excluding carboxylic acids is 1. The van der Waals surface area contributed by atoms with Gasteiger partial charge in [0.15, 0.2) is 0 Å². The number of Topliss-reactive ketones (excluding diaryl/α,β-unsaturated/α-hetero) is 1. The highest BCUT2D eigenvalue weighted by molar-refractivity contribution is 6.30. The van der Waals surface area contributed by atoms with Crippen molar-refractivity contribution in [1.29, 1.82) is 0 Å². The molecule has 0 amide bonds. The first-order chi connectivity index (χ1) is 8.41. The standard InChI is InChI=1S/C15H22ClNO/c1-11(2)15(14(18)9-10-17(3)4)12-5-7-13(16)8-6-12/h5-8,11,15H,9-10H2,1-4H3/t15-/m1/s1. The first-order valence-electron chi connectivity index (χ1n) is 6.34. The highest BCUT2D eigenvalue weighted by Gasteiger charge is 2.23. The molecule has 0 aliphatic rings. The van der Waals surface area contributed by atoms with Gasteiger partial charge in [-0.1, -0.05) is 37.6 Å². The van der Waals surface area contributed by atoms with Crippen LogP contribution in [0.1, 0.15) is 31.7 Å². The Bertz CT molecular complexity index is 384. The Morgan fingerprint density at radius 2 is 1.78 bits per heavy atom. The van der Waals surface area contributed by atoms with Crippen molar-refractivity contribution in [3.63, 3.8) is 0 Å². The molecule has 0 fully saturated rings. The molecule has 3 heteroatoms. The van der Waals surface area contributed by atoms with Crippen LogP contribution in [0.2, 0.25) is 5.02 Å². The van der Waals surface area contributed by atoms with Crippen molar-refractivity contribution in [2.24, 2.45) is 5.92 Å². The summed E-state index contributed by atoms with van der Waals surface area (Å²) < 4.78 is 0. The van der Waals surface area contributed by atoms with Gasteiger partial charge in [-0.2, -0.15) is 0 Å². The van der Waals surface area contributed by atoms with Crippen LogP contribution < -0.4 is 0 Å². The molecule has 2 nitrogen and oxygen atoms in total. The monoisotopic (exact) mass is 267 g/mol. The number of hydrogen-bond acceptors (Lipinski definition) is 2. The van der Waals surface area contributed by atoms with E-state index in [1.807, 2.05) is 43.3 Å². The van der Waals surface area contributed by atoms with Crippen molar-refractivity contribution in [2.45, 2.75) is 26.2 Å². The van der Waals surface area contributed by atoms with Crippen LogP contribution in [0.3, 0.4) is 0 Å². The number of benzene rings is 1. The first kappa shape index (κ1) is 15.2. The summed E-state index contributed by atoms with van der Waals surface area (Å²) in [6.07, 6.45) is 0.596. The Balaban J connectivity index is 2.82. The Morgan fingerprint density at radius 3 is 2.22 bits per heavy atom. The Morgan fingerprint density at radius 1 is 1.22 bits per heavy atom. The van der Waals surface area contributed by atoms with E-state index in [2.05, 4.69) is 13.8 Å². The second-order valence-electron chi connectivity index (χ2n) is 5.29. The predicted octanol–water partition coefficient (Wildman–Crippen LogP) is 3.60. The van der Waals surface area contributed by atoms with E-state index in [1.165, 1.54) is 0 Å². The molecule has 1 rings (SSSR count). The quantitative estimate of drug-likeness (QED) is 0.785. The van der Waals surface area contributed by atoms with Gasteiger partial charge < -0.3 is 4.90 Å². The minimum Gasteiger partial charge on any atom is -0.309 e. The Labute approximate surface area is 115 Å². The summed E-state index contributed by atoms with van der Waals surface area (Å²) in [6, 6.07) is 7.62. The van der Waals surface area contributed by atoms with Crippen molar-refractivity contribution in [3.8, 4) is 0 Å². The fourth-order valence-corrected chi connectivity index (χ4v) is 2.23. The lowest BCUT2D eigenvalue weighted by atomic mass is 9.84. The lowest BCUT2D eigenvalue weighted by Crippen LogP contribution is -2.23. The van der Waals surface area contributed by atoms with Crippen LogP contribution in [0.25, 0.3) is 0 Å². The van der Waals surface area contributed by atoms with Gasteiger partial charge in [0, 0.05) is 23.9 Å². The molecule has 0 heterocycles. The molecule has 0 radical (unpaired) electrons. The van der Waals surface area contributed by atoms with Crippen LogP contribution in [-0.2, 0) is 4.79 Å². The van der Waals surface area contributed by atoms with Gasteiger partial charge in [0.2, 0.25) is 0 Å². The lowest BCUT2D eigenvalue weighted by molar-refractivity contribution is -0.121. The topological polar surface area (TPSA) is 20.3 Å². The predicted molar refractivity (Wildman–Crippen MR) is 77.2 cm³/mol. The summed E-state index contributed by atoms with van der Waals surface area (Å²) in [4.78, 5) is 14.4. The largest absolute Gasteiger partial charge is 0.309 e. The van der Waals surface area contributed by atoms with Crippen molar-refractivity contribution in [1.82, 2.24) is 4.90 Å².